The molecule has 1 N–H and O–H groups in total. The summed E-state index contributed by atoms with van der Waals surface area (Å²) < 4.78 is 10.1. The van der Waals surface area contributed by atoms with Crippen molar-refractivity contribution in [3.8, 4) is 0 Å². The van der Waals surface area contributed by atoms with Crippen molar-refractivity contribution in [1.29, 1.82) is 0 Å². The lowest BCUT2D eigenvalue weighted by Gasteiger charge is -2.22. The molecule has 0 unspecified atom stereocenters. The van der Waals surface area contributed by atoms with Gasteiger partial charge in [-0.15, -0.1) is 0 Å². The number of hydrogen-bond donors (Lipinski definition) is 1. The smallest absolute Gasteiger partial charge is 0.407 e. The molecule has 32 heavy (non-hydrogen) atoms. The summed E-state index contributed by atoms with van der Waals surface area (Å²) in [6, 6.07) is 16.2. The third kappa shape index (κ3) is 6.94. The number of rotatable bonds is 9. The monoisotopic (exact) mass is 437 g/mol. The van der Waals surface area contributed by atoms with Crippen LogP contribution in [0.2, 0.25) is 0 Å². The zero-order valence-electron chi connectivity index (χ0n) is 18.5. The van der Waals surface area contributed by atoms with Crippen LogP contribution in [0.3, 0.4) is 0 Å². The highest BCUT2D eigenvalue weighted by molar-refractivity contribution is 5.98. The summed E-state index contributed by atoms with van der Waals surface area (Å²) in [6.07, 6.45) is 5.52. The van der Waals surface area contributed by atoms with Crippen LogP contribution in [0.4, 0.5) is 4.79 Å². The molecule has 0 radical (unpaired) electrons. The van der Waals surface area contributed by atoms with Crippen molar-refractivity contribution in [2.45, 2.75) is 57.4 Å². The van der Waals surface area contributed by atoms with Crippen LogP contribution in [0, 0.1) is 0 Å². The molecule has 2 aromatic carbocycles. The van der Waals surface area contributed by atoms with E-state index >= 15 is 0 Å². The molecule has 1 aliphatic rings. The summed E-state index contributed by atoms with van der Waals surface area (Å²) >= 11 is 0. The highest BCUT2D eigenvalue weighted by Gasteiger charge is 2.21. The number of carbonyl (C=O) groups excluding carboxylic acids is 3. The van der Waals surface area contributed by atoms with Gasteiger partial charge in [0.15, 0.2) is 12.4 Å². The molecule has 0 aliphatic heterocycles. The normalized spacial score (nSPS) is 14.9. The number of carbonyl (C=O) groups is 3. The van der Waals surface area contributed by atoms with E-state index in [-0.39, 0.29) is 25.4 Å². The van der Waals surface area contributed by atoms with Gasteiger partial charge in [-0.25, -0.2) is 4.79 Å². The summed E-state index contributed by atoms with van der Waals surface area (Å²) in [6.45, 7) is 1.60. The van der Waals surface area contributed by atoms with Crippen LogP contribution in [0.1, 0.15) is 78.9 Å². The van der Waals surface area contributed by atoms with Crippen molar-refractivity contribution < 1.29 is 23.9 Å². The Labute approximate surface area is 189 Å². The Morgan fingerprint density at radius 1 is 0.938 bits per heavy atom. The van der Waals surface area contributed by atoms with Crippen LogP contribution in [-0.2, 0) is 14.3 Å². The van der Waals surface area contributed by atoms with Crippen molar-refractivity contribution in [3.63, 3.8) is 0 Å². The quantitative estimate of drug-likeness (QED) is 0.423. The highest BCUT2D eigenvalue weighted by atomic mass is 16.5. The SMILES string of the molecule is CCOC(=O)N[C@@H](CC(=O)OCC(=O)c1ccc(C2CCCCC2)cc1)c1ccccc1. The van der Waals surface area contributed by atoms with Gasteiger partial charge >= 0.3 is 12.1 Å². The van der Waals surface area contributed by atoms with E-state index in [0.29, 0.717) is 11.5 Å². The largest absolute Gasteiger partial charge is 0.457 e. The third-order valence-corrected chi connectivity index (χ3v) is 5.81. The van der Waals surface area contributed by atoms with Gasteiger partial charge in [-0.1, -0.05) is 73.9 Å². The van der Waals surface area contributed by atoms with Crippen LogP contribution < -0.4 is 5.32 Å². The second-order valence-corrected chi connectivity index (χ2v) is 8.07. The van der Waals surface area contributed by atoms with Crippen molar-refractivity contribution in [1.82, 2.24) is 5.32 Å². The van der Waals surface area contributed by atoms with E-state index in [9.17, 15) is 14.4 Å². The summed E-state index contributed by atoms with van der Waals surface area (Å²) in [4.78, 5) is 36.7. The fourth-order valence-corrected chi connectivity index (χ4v) is 4.08. The number of benzene rings is 2. The minimum atomic E-state index is -0.608. The lowest BCUT2D eigenvalue weighted by Crippen LogP contribution is -2.31. The van der Waals surface area contributed by atoms with Gasteiger partial charge in [0.25, 0.3) is 0 Å². The second kappa shape index (κ2) is 12.0. The van der Waals surface area contributed by atoms with Gasteiger partial charge in [0.05, 0.1) is 19.1 Å². The molecule has 6 nitrogen and oxygen atoms in total. The minimum Gasteiger partial charge on any atom is -0.457 e. The fourth-order valence-electron chi connectivity index (χ4n) is 4.08. The molecule has 0 spiro atoms. The summed E-state index contributed by atoms with van der Waals surface area (Å²) in [5.74, 6) is -0.237. The van der Waals surface area contributed by atoms with E-state index in [1.807, 2.05) is 54.6 Å². The number of alkyl carbamates (subject to hydrolysis) is 1. The van der Waals surface area contributed by atoms with Crippen molar-refractivity contribution in [2.75, 3.05) is 13.2 Å². The first-order valence-corrected chi connectivity index (χ1v) is 11.3. The lowest BCUT2D eigenvalue weighted by molar-refractivity contribution is -0.143. The Hall–Kier alpha value is -3.15. The zero-order chi connectivity index (χ0) is 22.8. The fraction of sp³-hybridized carbons (Fsp3) is 0.423. The maximum atomic E-state index is 12.5. The standard InChI is InChI=1S/C26H31NO5/c1-2-31-26(30)27-23(21-11-7-4-8-12-21)17-25(29)32-18-24(28)22-15-13-20(14-16-22)19-9-5-3-6-10-19/h4,7-8,11-16,19,23H,2-3,5-6,9-10,17-18H2,1H3,(H,27,30)/t23-/m0/s1. The van der Waals surface area contributed by atoms with E-state index in [0.717, 1.165) is 5.56 Å². The zero-order valence-corrected chi connectivity index (χ0v) is 18.5. The maximum Gasteiger partial charge on any atom is 0.407 e. The summed E-state index contributed by atoms with van der Waals surface area (Å²) in [7, 11) is 0. The molecule has 0 heterocycles. The highest BCUT2D eigenvalue weighted by Crippen LogP contribution is 2.32. The first-order valence-electron chi connectivity index (χ1n) is 11.3. The summed E-state index contributed by atoms with van der Waals surface area (Å²) in [5, 5.41) is 2.67. The Kier molecular flexibility index (Phi) is 8.84. The number of esters is 1. The van der Waals surface area contributed by atoms with Crippen molar-refractivity contribution in [2.24, 2.45) is 0 Å². The number of ketones is 1. The van der Waals surface area contributed by atoms with E-state index < -0.39 is 18.1 Å². The molecule has 3 rings (SSSR count). The van der Waals surface area contributed by atoms with Gasteiger partial charge in [-0.2, -0.15) is 0 Å². The molecule has 0 bridgehead atoms. The molecule has 0 aromatic heterocycles. The van der Waals surface area contributed by atoms with Crippen LogP contribution in [0.25, 0.3) is 0 Å². The summed E-state index contributed by atoms with van der Waals surface area (Å²) in [5.41, 5.74) is 2.55. The van der Waals surface area contributed by atoms with E-state index in [1.165, 1.54) is 37.7 Å². The van der Waals surface area contributed by atoms with Crippen LogP contribution in [0.5, 0.6) is 0 Å². The number of Topliss-reactive ketones (excluding diaryl/α,β-unsaturated/α-hetero) is 1. The molecular weight excluding hydrogens is 406 g/mol. The Bertz CT molecular complexity index is 888. The molecule has 1 aliphatic carbocycles. The number of ether oxygens (including phenoxy) is 2. The van der Waals surface area contributed by atoms with Crippen LogP contribution in [-0.4, -0.2) is 31.1 Å². The number of nitrogens with one attached hydrogen (secondary N) is 1. The van der Waals surface area contributed by atoms with Crippen molar-refractivity contribution >= 4 is 17.8 Å². The lowest BCUT2D eigenvalue weighted by atomic mass is 9.84. The Morgan fingerprint density at radius 2 is 1.62 bits per heavy atom. The van der Waals surface area contributed by atoms with Crippen LogP contribution >= 0.6 is 0 Å². The van der Waals surface area contributed by atoms with Gasteiger partial charge in [0.1, 0.15) is 0 Å². The Morgan fingerprint density at radius 3 is 2.28 bits per heavy atom. The Balaban J connectivity index is 1.53. The van der Waals surface area contributed by atoms with E-state index in [1.54, 1.807) is 6.92 Å². The molecule has 170 valence electrons. The number of amides is 1. The molecule has 1 saturated carbocycles. The average molecular weight is 438 g/mol. The molecule has 6 heteroatoms. The molecular formula is C26H31NO5. The third-order valence-electron chi connectivity index (χ3n) is 5.81. The predicted molar refractivity (Wildman–Crippen MR) is 122 cm³/mol. The number of hydrogen-bond acceptors (Lipinski definition) is 5. The molecule has 1 amide bonds. The maximum absolute atomic E-state index is 12.5. The first-order chi connectivity index (χ1) is 15.6. The van der Waals surface area contributed by atoms with E-state index in [4.69, 9.17) is 9.47 Å². The molecule has 2 aromatic rings. The van der Waals surface area contributed by atoms with Crippen molar-refractivity contribution in [3.05, 3.63) is 71.3 Å². The molecule has 1 atom stereocenters. The average Bonchev–Trinajstić information content (AvgIpc) is 2.83. The minimum absolute atomic E-state index is 0.100. The van der Waals surface area contributed by atoms with Gasteiger partial charge in [-0.05, 0) is 36.8 Å². The van der Waals surface area contributed by atoms with Gasteiger partial charge in [-0.3, -0.25) is 9.59 Å². The van der Waals surface area contributed by atoms with E-state index in [2.05, 4.69) is 5.32 Å². The topological polar surface area (TPSA) is 81.7 Å². The first kappa shape index (κ1) is 23.5. The molecule has 1 fully saturated rings. The van der Waals surface area contributed by atoms with Gasteiger partial charge < -0.3 is 14.8 Å². The van der Waals surface area contributed by atoms with Gasteiger partial charge in [0, 0.05) is 5.56 Å². The molecule has 0 saturated heterocycles. The predicted octanol–water partition coefficient (Wildman–Crippen LogP) is 5.34. The second-order valence-electron chi connectivity index (χ2n) is 8.07. The van der Waals surface area contributed by atoms with Gasteiger partial charge in [0.2, 0.25) is 0 Å². The van der Waals surface area contributed by atoms with Crippen LogP contribution in [0.15, 0.2) is 54.6 Å².